The number of anilines is 1. The van der Waals surface area contributed by atoms with E-state index in [1.54, 1.807) is 12.4 Å². The summed E-state index contributed by atoms with van der Waals surface area (Å²) < 4.78 is 0. The summed E-state index contributed by atoms with van der Waals surface area (Å²) in [7, 11) is 0. The summed E-state index contributed by atoms with van der Waals surface area (Å²) >= 11 is 5.78. The average Bonchev–Trinajstić information content (AvgIpc) is 2.16. The number of hydrogen-bond donors (Lipinski definition) is 1. The first-order valence-electron chi connectivity index (χ1n) is 4.57. The molecular formula is C9H10ClN5. The molecule has 1 N–H and O–H groups in total. The van der Waals surface area contributed by atoms with Crippen molar-refractivity contribution >= 4 is 28.6 Å². The Labute approximate surface area is 91.9 Å². The van der Waals surface area contributed by atoms with Gasteiger partial charge in [0.1, 0.15) is 0 Å². The number of hydrogen-bond acceptors (Lipinski definition) is 5. The van der Waals surface area contributed by atoms with Gasteiger partial charge < -0.3 is 5.32 Å². The number of nitrogens with zero attached hydrogens (tertiary/aromatic N) is 4. The molecule has 0 saturated heterocycles. The van der Waals surface area contributed by atoms with E-state index in [1.165, 1.54) is 0 Å². The van der Waals surface area contributed by atoms with E-state index in [-0.39, 0.29) is 11.3 Å². The second-order valence-corrected chi connectivity index (χ2v) is 3.71. The number of nitrogens with one attached hydrogen (secondary N) is 1. The fourth-order valence-electron chi connectivity index (χ4n) is 1.21. The number of aromatic nitrogens is 4. The van der Waals surface area contributed by atoms with Crippen molar-refractivity contribution in [1.29, 1.82) is 0 Å². The minimum atomic E-state index is 0.172. The van der Waals surface area contributed by atoms with Gasteiger partial charge in [0.15, 0.2) is 17.0 Å². The summed E-state index contributed by atoms with van der Waals surface area (Å²) in [6, 6.07) is 0.251. The number of fused-ring (bicyclic) bond motifs is 1. The maximum absolute atomic E-state index is 5.78. The maximum Gasteiger partial charge on any atom is 0.226 e. The molecule has 0 aliphatic carbocycles. The van der Waals surface area contributed by atoms with Crippen LogP contribution in [0.3, 0.4) is 0 Å². The van der Waals surface area contributed by atoms with Gasteiger partial charge in [0, 0.05) is 18.4 Å². The normalized spacial score (nSPS) is 10.9. The zero-order valence-electron chi connectivity index (χ0n) is 8.40. The Kier molecular flexibility index (Phi) is 2.64. The van der Waals surface area contributed by atoms with E-state index in [9.17, 15) is 0 Å². The van der Waals surface area contributed by atoms with Gasteiger partial charge in [0.2, 0.25) is 5.28 Å². The summed E-state index contributed by atoms with van der Waals surface area (Å²) in [5.74, 6) is 0.619. The summed E-state index contributed by atoms with van der Waals surface area (Å²) in [5, 5.41) is 3.32. The number of halogens is 1. The highest BCUT2D eigenvalue weighted by molar-refractivity contribution is 6.28. The Morgan fingerprint density at radius 1 is 1.20 bits per heavy atom. The Bertz CT molecular complexity index is 485. The molecule has 15 heavy (non-hydrogen) atoms. The molecule has 6 heteroatoms. The summed E-state index contributed by atoms with van der Waals surface area (Å²) in [6.07, 6.45) is 3.18. The molecule has 2 aromatic rings. The predicted octanol–water partition coefficient (Wildman–Crippen LogP) is 1.89. The molecule has 78 valence electrons. The smallest absolute Gasteiger partial charge is 0.226 e. The molecule has 0 amide bonds. The van der Waals surface area contributed by atoms with E-state index in [4.69, 9.17) is 11.6 Å². The van der Waals surface area contributed by atoms with Gasteiger partial charge in [-0.2, -0.15) is 9.97 Å². The molecule has 0 aliphatic heterocycles. The van der Waals surface area contributed by atoms with E-state index < -0.39 is 0 Å². The molecule has 2 heterocycles. The summed E-state index contributed by atoms with van der Waals surface area (Å²) in [6.45, 7) is 4.02. The van der Waals surface area contributed by atoms with E-state index in [2.05, 4.69) is 25.3 Å². The lowest BCUT2D eigenvalue weighted by Crippen LogP contribution is -2.12. The van der Waals surface area contributed by atoms with Crippen LogP contribution in [0.5, 0.6) is 0 Å². The minimum Gasteiger partial charge on any atom is -0.366 e. The molecule has 2 aromatic heterocycles. The molecule has 0 fully saturated rings. The van der Waals surface area contributed by atoms with Crippen molar-refractivity contribution in [1.82, 2.24) is 19.9 Å². The van der Waals surface area contributed by atoms with Crippen molar-refractivity contribution in [3.63, 3.8) is 0 Å². The third kappa shape index (κ3) is 2.12. The van der Waals surface area contributed by atoms with Crippen molar-refractivity contribution in [2.75, 3.05) is 5.32 Å². The van der Waals surface area contributed by atoms with Crippen molar-refractivity contribution < 1.29 is 0 Å². The predicted molar refractivity (Wildman–Crippen MR) is 58.9 cm³/mol. The highest BCUT2D eigenvalue weighted by Crippen LogP contribution is 2.18. The molecule has 0 spiro atoms. The monoisotopic (exact) mass is 223 g/mol. The molecule has 0 bridgehead atoms. The van der Waals surface area contributed by atoms with Crippen molar-refractivity contribution in [2.45, 2.75) is 19.9 Å². The van der Waals surface area contributed by atoms with Gasteiger partial charge in [0.05, 0.1) is 0 Å². The molecule has 2 rings (SSSR count). The Morgan fingerprint density at radius 2 is 1.93 bits per heavy atom. The minimum absolute atomic E-state index is 0.172. The van der Waals surface area contributed by atoms with Crippen LogP contribution in [0.15, 0.2) is 12.4 Å². The highest BCUT2D eigenvalue weighted by Gasteiger charge is 2.08. The quantitative estimate of drug-likeness (QED) is 0.788. The standard InChI is InChI=1S/C9H10ClN5/c1-5(2)13-8-6-7(12-4-3-11-6)14-9(10)15-8/h3-5H,1-2H3,(H,12,13,14,15). The zero-order valence-corrected chi connectivity index (χ0v) is 9.15. The van der Waals surface area contributed by atoms with E-state index in [0.29, 0.717) is 17.0 Å². The van der Waals surface area contributed by atoms with Crippen LogP contribution in [-0.2, 0) is 0 Å². The van der Waals surface area contributed by atoms with E-state index >= 15 is 0 Å². The third-order valence-electron chi connectivity index (χ3n) is 1.73. The lowest BCUT2D eigenvalue weighted by molar-refractivity contribution is 0.888. The van der Waals surface area contributed by atoms with Crippen LogP contribution in [0.4, 0.5) is 5.82 Å². The van der Waals surface area contributed by atoms with Crippen LogP contribution in [0, 0.1) is 0 Å². The van der Waals surface area contributed by atoms with Crippen molar-refractivity contribution in [2.24, 2.45) is 0 Å². The van der Waals surface area contributed by atoms with Gasteiger partial charge in [-0.25, -0.2) is 9.97 Å². The fourth-order valence-corrected chi connectivity index (χ4v) is 1.38. The molecule has 0 radical (unpaired) electrons. The summed E-state index contributed by atoms with van der Waals surface area (Å²) in [4.78, 5) is 16.3. The van der Waals surface area contributed by atoms with Gasteiger partial charge >= 0.3 is 0 Å². The average molecular weight is 224 g/mol. The lowest BCUT2D eigenvalue weighted by Gasteiger charge is -2.10. The Balaban J connectivity index is 2.60. The zero-order chi connectivity index (χ0) is 10.8. The van der Waals surface area contributed by atoms with Crippen LogP contribution in [0.2, 0.25) is 5.28 Å². The molecular weight excluding hydrogens is 214 g/mol. The van der Waals surface area contributed by atoms with Crippen molar-refractivity contribution in [3.8, 4) is 0 Å². The third-order valence-corrected chi connectivity index (χ3v) is 1.90. The van der Waals surface area contributed by atoms with E-state index in [1.807, 2.05) is 13.8 Å². The lowest BCUT2D eigenvalue weighted by atomic mass is 10.3. The molecule has 0 aromatic carbocycles. The van der Waals surface area contributed by atoms with Crippen LogP contribution in [0.25, 0.3) is 11.2 Å². The van der Waals surface area contributed by atoms with Crippen LogP contribution in [-0.4, -0.2) is 26.0 Å². The molecule has 0 aliphatic rings. The first-order valence-corrected chi connectivity index (χ1v) is 4.95. The second kappa shape index (κ2) is 3.94. The second-order valence-electron chi connectivity index (χ2n) is 3.37. The molecule has 0 saturated carbocycles. The topological polar surface area (TPSA) is 63.6 Å². The SMILES string of the molecule is CC(C)Nc1nc(Cl)nc2nccnc12. The maximum atomic E-state index is 5.78. The Morgan fingerprint density at radius 3 is 2.67 bits per heavy atom. The fraction of sp³-hybridized carbons (Fsp3) is 0.333. The first-order chi connectivity index (χ1) is 7.16. The van der Waals surface area contributed by atoms with Gasteiger partial charge in [-0.1, -0.05) is 0 Å². The molecule has 0 atom stereocenters. The highest BCUT2D eigenvalue weighted by atomic mass is 35.5. The molecule has 0 unspecified atom stereocenters. The van der Waals surface area contributed by atoms with Gasteiger partial charge in [-0.15, -0.1) is 0 Å². The van der Waals surface area contributed by atoms with E-state index in [0.717, 1.165) is 0 Å². The van der Waals surface area contributed by atoms with Crippen LogP contribution in [0.1, 0.15) is 13.8 Å². The van der Waals surface area contributed by atoms with Gasteiger partial charge in [-0.3, -0.25) is 0 Å². The van der Waals surface area contributed by atoms with Crippen molar-refractivity contribution in [3.05, 3.63) is 17.7 Å². The van der Waals surface area contributed by atoms with Crippen LogP contribution < -0.4 is 5.32 Å². The van der Waals surface area contributed by atoms with Crippen LogP contribution >= 0.6 is 11.6 Å². The largest absolute Gasteiger partial charge is 0.366 e. The van der Waals surface area contributed by atoms with Gasteiger partial charge in [-0.05, 0) is 25.4 Å². The van der Waals surface area contributed by atoms with Gasteiger partial charge in [0.25, 0.3) is 0 Å². The summed E-state index contributed by atoms with van der Waals surface area (Å²) in [5.41, 5.74) is 1.14. The number of rotatable bonds is 2. The Hall–Kier alpha value is -1.49. The molecule has 5 nitrogen and oxygen atoms in total. The first kappa shape index (κ1) is 10.0.